The van der Waals surface area contributed by atoms with Gasteiger partial charge in [0.1, 0.15) is 11.9 Å². The summed E-state index contributed by atoms with van der Waals surface area (Å²) in [5.41, 5.74) is 0.820. The van der Waals surface area contributed by atoms with Crippen LogP contribution in [0.1, 0.15) is 23.3 Å². The lowest BCUT2D eigenvalue weighted by atomic mass is 10.1. The number of morpholine rings is 1. The van der Waals surface area contributed by atoms with E-state index in [9.17, 15) is 4.39 Å². The number of benzene rings is 1. The van der Waals surface area contributed by atoms with Crippen molar-refractivity contribution in [2.24, 2.45) is 0 Å². The Bertz CT molecular complexity index is 552. The third-order valence-electron chi connectivity index (χ3n) is 2.95. The number of ether oxygens (including phenoxy) is 1. The molecular formula is C13H14FN3O2. The molecule has 2 heterocycles. The van der Waals surface area contributed by atoms with Gasteiger partial charge in [0, 0.05) is 13.0 Å². The first-order valence-corrected chi connectivity index (χ1v) is 6.19. The van der Waals surface area contributed by atoms with E-state index in [4.69, 9.17) is 9.26 Å². The zero-order valence-corrected chi connectivity index (χ0v) is 10.3. The van der Waals surface area contributed by atoms with E-state index in [1.807, 2.05) is 6.07 Å². The molecule has 6 heteroatoms. The van der Waals surface area contributed by atoms with Gasteiger partial charge in [-0.1, -0.05) is 17.3 Å². The van der Waals surface area contributed by atoms with Gasteiger partial charge in [0.15, 0.2) is 5.82 Å². The number of aromatic nitrogens is 2. The average molecular weight is 263 g/mol. The highest BCUT2D eigenvalue weighted by molar-refractivity contribution is 5.19. The van der Waals surface area contributed by atoms with Gasteiger partial charge in [-0.3, -0.25) is 0 Å². The van der Waals surface area contributed by atoms with E-state index in [1.165, 1.54) is 12.1 Å². The van der Waals surface area contributed by atoms with Crippen LogP contribution < -0.4 is 5.32 Å². The van der Waals surface area contributed by atoms with Crippen LogP contribution in [-0.2, 0) is 11.2 Å². The first-order valence-electron chi connectivity index (χ1n) is 6.19. The lowest BCUT2D eigenvalue weighted by molar-refractivity contribution is 0.0659. The predicted molar refractivity (Wildman–Crippen MR) is 65.1 cm³/mol. The fraction of sp³-hybridized carbons (Fsp3) is 0.385. The lowest BCUT2D eigenvalue weighted by Crippen LogP contribution is -2.34. The van der Waals surface area contributed by atoms with Crippen LogP contribution in [0.15, 0.2) is 28.8 Å². The van der Waals surface area contributed by atoms with Crippen molar-refractivity contribution in [2.45, 2.75) is 12.5 Å². The Labute approximate surface area is 109 Å². The highest BCUT2D eigenvalue weighted by atomic mass is 19.1. The summed E-state index contributed by atoms with van der Waals surface area (Å²) >= 11 is 0. The van der Waals surface area contributed by atoms with Crippen LogP contribution in [0.3, 0.4) is 0 Å². The molecule has 19 heavy (non-hydrogen) atoms. The second-order valence-electron chi connectivity index (χ2n) is 4.44. The fourth-order valence-electron chi connectivity index (χ4n) is 2.03. The molecule has 1 saturated heterocycles. The maximum atomic E-state index is 13.1. The van der Waals surface area contributed by atoms with E-state index >= 15 is 0 Å². The van der Waals surface area contributed by atoms with Crippen molar-refractivity contribution in [3.05, 3.63) is 47.4 Å². The molecule has 1 aromatic carbocycles. The summed E-state index contributed by atoms with van der Waals surface area (Å²) in [6.07, 6.45) is 0.453. The van der Waals surface area contributed by atoms with E-state index in [-0.39, 0.29) is 11.9 Å². The van der Waals surface area contributed by atoms with Gasteiger partial charge in [0.25, 0.3) is 0 Å². The molecule has 0 amide bonds. The molecule has 0 aliphatic carbocycles. The Balaban J connectivity index is 1.70. The van der Waals surface area contributed by atoms with Gasteiger partial charge in [0.2, 0.25) is 5.89 Å². The van der Waals surface area contributed by atoms with Crippen LogP contribution in [0.4, 0.5) is 4.39 Å². The maximum Gasteiger partial charge on any atom is 0.246 e. The third-order valence-corrected chi connectivity index (χ3v) is 2.95. The van der Waals surface area contributed by atoms with Crippen LogP contribution in [0.5, 0.6) is 0 Å². The largest absolute Gasteiger partial charge is 0.378 e. The first-order chi connectivity index (χ1) is 9.31. The minimum absolute atomic E-state index is 0.0532. The zero-order chi connectivity index (χ0) is 13.1. The molecule has 5 nitrogen and oxygen atoms in total. The first kappa shape index (κ1) is 12.3. The van der Waals surface area contributed by atoms with E-state index in [0.29, 0.717) is 31.3 Å². The normalized spacial score (nSPS) is 19.5. The van der Waals surface area contributed by atoms with Gasteiger partial charge in [-0.05, 0) is 17.7 Å². The van der Waals surface area contributed by atoms with Crippen LogP contribution >= 0.6 is 0 Å². The molecule has 0 bridgehead atoms. The molecule has 0 spiro atoms. The molecule has 100 valence electrons. The Kier molecular flexibility index (Phi) is 3.52. The van der Waals surface area contributed by atoms with E-state index in [0.717, 1.165) is 12.1 Å². The summed E-state index contributed by atoms with van der Waals surface area (Å²) < 4.78 is 23.6. The molecule has 1 fully saturated rings. The van der Waals surface area contributed by atoms with Crippen molar-refractivity contribution >= 4 is 0 Å². The molecule has 3 rings (SSSR count). The molecule has 1 aliphatic rings. The summed E-state index contributed by atoms with van der Waals surface area (Å²) in [6, 6.07) is 6.33. The Hall–Kier alpha value is -1.79. The molecule has 1 unspecified atom stereocenters. The smallest absolute Gasteiger partial charge is 0.246 e. The molecule has 2 aromatic rings. The van der Waals surface area contributed by atoms with Gasteiger partial charge < -0.3 is 14.6 Å². The lowest BCUT2D eigenvalue weighted by Gasteiger charge is -2.20. The second kappa shape index (κ2) is 5.46. The topological polar surface area (TPSA) is 60.2 Å². The number of hydrogen-bond acceptors (Lipinski definition) is 5. The number of halogens is 1. The predicted octanol–water partition coefficient (Wildman–Crippen LogP) is 1.46. The van der Waals surface area contributed by atoms with Crippen LogP contribution in [0.2, 0.25) is 0 Å². The standard InChI is InChI=1S/C13H14FN3O2/c14-10-3-1-2-9(6-10)7-12-16-13(19-17-12)11-8-18-5-4-15-11/h1-3,6,11,15H,4-5,7-8H2. The summed E-state index contributed by atoms with van der Waals surface area (Å²) in [5, 5.41) is 7.15. The van der Waals surface area contributed by atoms with Crippen molar-refractivity contribution in [1.82, 2.24) is 15.5 Å². The molecule has 1 atom stereocenters. The minimum atomic E-state index is -0.261. The van der Waals surface area contributed by atoms with Gasteiger partial charge in [-0.2, -0.15) is 4.98 Å². The molecule has 0 radical (unpaired) electrons. The van der Waals surface area contributed by atoms with Gasteiger partial charge >= 0.3 is 0 Å². The summed E-state index contributed by atoms with van der Waals surface area (Å²) in [5.74, 6) is 0.808. The molecule has 1 N–H and O–H groups in total. The summed E-state index contributed by atoms with van der Waals surface area (Å²) in [7, 11) is 0. The van der Waals surface area contributed by atoms with Crippen LogP contribution in [0, 0.1) is 5.82 Å². The van der Waals surface area contributed by atoms with Crippen molar-refractivity contribution in [3.8, 4) is 0 Å². The van der Waals surface area contributed by atoms with E-state index < -0.39 is 0 Å². The second-order valence-corrected chi connectivity index (χ2v) is 4.44. The van der Waals surface area contributed by atoms with Crippen molar-refractivity contribution in [1.29, 1.82) is 0 Å². The van der Waals surface area contributed by atoms with Gasteiger partial charge in [-0.25, -0.2) is 4.39 Å². The highest BCUT2D eigenvalue weighted by Gasteiger charge is 2.21. The fourth-order valence-corrected chi connectivity index (χ4v) is 2.03. The summed E-state index contributed by atoms with van der Waals surface area (Å²) in [4.78, 5) is 4.32. The Morgan fingerprint density at radius 2 is 2.37 bits per heavy atom. The molecule has 1 aromatic heterocycles. The van der Waals surface area contributed by atoms with Gasteiger partial charge in [0.05, 0.1) is 13.2 Å². The van der Waals surface area contributed by atoms with Crippen LogP contribution in [-0.4, -0.2) is 29.9 Å². The van der Waals surface area contributed by atoms with Gasteiger partial charge in [-0.15, -0.1) is 0 Å². The molecule has 0 saturated carbocycles. The zero-order valence-electron chi connectivity index (χ0n) is 10.3. The van der Waals surface area contributed by atoms with E-state index in [1.54, 1.807) is 6.07 Å². The Morgan fingerprint density at radius 1 is 1.42 bits per heavy atom. The SMILES string of the molecule is Fc1cccc(Cc2noc(C3COCCN3)n2)c1. The Morgan fingerprint density at radius 3 is 3.16 bits per heavy atom. The van der Waals surface area contributed by atoms with E-state index in [2.05, 4.69) is 15.5 Å². The number of nitrogens with one attached hydrogen (secondary N) is 1. The molecule has 1 aliphatic heterocycles. The highest BCUT2D eigenvalue weighted by Crippen LogP contribution is 2.15. The van der Waals surface area contributed by atoms with Crippen molar-refractivity contribution in [3.63, 3.8) is 0 Å². The maximum absolute atomic E-state index is 13.1. The molecular weight excluding hydrogens is 249 g/mol. The van der Waals surface area contributed by atoms with Crippen molar-refractivity contribution in [2.75, 3.05) is 19.8 Å². The minimum Gasteiger partial charge on any atom is -0.378 e. The average Bonchev–Trinajstić information content (AvgIpc) is 2.88. The number of rotatable bonds is 3. The monoisotopic (exact) mass is 263 g/mol. The quantitative estimate of drug-likeness (QED) is 0.908. The number of hydrogen-bond donors (Lipinski definition) is 1. The number of nitrogens with zero attached hydrogens (tertiary/aromatic N) is 2. The van der Waals surface area contributed by atoms with Crippen LogP contribution in [0.25, 0.3) is 0 Å². The van der Waals surface area contributed by atoms with Crippen molar-refractivity contribution < 1.29 is 13.7 Å². The third kappa shape index (κ3) is 2.97. The summed E-state index contributed by atoms with van der Waals surface area (Å²) in [6.45, 7) is 1.99.